The number of rotatable bonds is 7. The lowest BCUT2D eigenvalue weighted by atomic mass is 10.3. The van der Waals surface area contributed by atoms with Crippen molar-refractivity contribution in [3.63, 3.8) is 0 Å². The van der Waals surface area contributed by atoms with Crippen LogP contribution in [0.2, 0.25) is 0 Å². The summed E-state index contributed by atoms with van der Waals surface area (Å²) in [7, 11) is 0. The zero-order chi connectivity index (χ0) is 18.5. The SMILES string of the molecule is CCCSc1nc(Nc2ccccc2)c2nc(Nc3ccccc3)sc2n1. The molecule has 0 amide bonds. The predicted octanol–water partition coefficient (Wildman–Crippen LogP) is 6.08. The van der Waals surface area contributed by atoms with Crippen LogP contribution in [0.4, 0.5) is 22.3 Å². The average molecular weight is 394 g/mol. The summed E-state index contributed by atoms with van der Waals surface area (Å²) in [5, 5.41) is 8.33. The third-order valence-corrected chi connectivity index (χ3v) is 5.65. The monoisotopic (exact) mass is 393 g/mol. The molecule has 0 aliphatic rings. The molecule has 2 aromatic heterocycles. The van der Waals surface area contributed by atoms with E-state index in [1.54, 1.807) is 11.8 Å². The number of fused-ring (bicyclic) bond motifs is 1. The molecular formula is C20H19N5S2. The topological polar surface area (TPSA) is 62.7 Å². The smallest absolute Gasteiger partial charge is 0.191 e. The van der Waals surface area contributed by atoms with Crippen LogP contribution in [0.15, 0.2) is 65.8 Å². The number of nitrogens with one attached hydrogen (secondary N) is 2. The Balaban J connectivity index is 1.71. The number of para-hydroxylation sites is 2. The minimum absolute atomic E-state index is 0.738. The van der Waals surface area contributed by atoms with Gasteiger partial charge in [0.15, 0.2) is 20.9 Å². The fourth-order valence-electron chi connectivity index (χ4n) is 2.50. The van der Waals surface area contributed by atoms with Gasteiger partial charge in [-0.2, -0.15) is 0 Å². The first-order chi connectivity index (χ1) is 13.3. The zero-order valence-electron chi connectivity index (χ0n) is 14.8. The van der Waals surface area contributed by atoms with E-state index >= 15 is 0 Å². The van der Waals surface area contributed by atoms with Gasteiger partial charge in [-0.15, -0.1) is 0 Å². The normalized spacial score (nSPS) is 10.9. The highest BCUT2D eigenvalue weighted by molar-refractivity contribution is 7.99. The summed E-state index contributed by atoms with van der Waals surface area (Å²) in [5.74, 6) is 1.73. The summed E-state index contributed by atoms with van der Waals surface area (Å²) in [6.45, 7) is 2.16. The molecule has 0 radical (unpaired) electrons. The van der Waals surface area contributed by atoms with E-state index < -0.39 is 0 Å². The van der Waals surface area contributed by atoms with Gasteiger partial charge in [0.2, 0.25) is 0 Å². The summed E-state index contributed by atoms with van der Waals surface area (Å²) in [6, 6.07) is 20.0. The van der Waals surface area contributed by atoms with Gasteiger partial charge < -0.3 is 10.6 Å². The molecule has 7 heteroatoms. The summed E-state index contributed by atoms with van der Waals surface area (Å²) in [4.78, 5) is 15.0. The van der Waals surface area contributed by atoms with Crippen molar-refractivity contribution >= 4 is 55.8 Å². The fourth-order valence-corrected chi connectivity index (χ4v) is 4.12. The Morgan fingerprint density at radius 3 is 2.19 bits per heavy atom. The highest BCUT2D eigenvalue weighted by Crippen LogP contribution is 2.33. The van der Waals surface area contributed by atoms with Crippen LogP contribution >= 0.6 is 23.1 Å². The van der Waals surface area contributed by atoms with Crippen molar-refractivity contribution in [2.75, 3.05) is 16.4 Å². The maximum Gasteiger partial charge on any atom is 0.191 e. The molecule has 0 atom stereocenters. The van der Waals surface area contributed by atoms with Crippen LogP contribution in [0.3, 0.4) is 0 Å². The van der Waals surface area contributed by atoms with Gasteiger partial charge in [-0.1, -0.05) is 66.4 Å². The fraction of sp³-hybridized carbons (Fsp3) is 0.150. The number of benzene rings is 2. The molecule has 0 saturated carbocycles. The molecule has 136 valence electrons. The Labute approximate surface area is 166 Å². The highest BCUT2D eigenvalue weighted by Gasteiger charge is 2.14. The van der Waals surface area contributed by atoms with Crippen molar-refractivity contribution in [3.8, 4) is 0 Å². The van der Waals surface area contributed by atoms with E-state index in [1.165, 1.54) is 11.3 Å². The second kappa shape index (κ2) is 8.37. The number of anilines is 4. The second-order valence-electron chi connectivity index (χ2n) is 5.86. The minimum atomic E-state index is 0.738. The lowest BCUT2D eigenvalue weighted by molar-refractivity contribution is 1.000. The lowest BCUT2D eigenvalue weighted by Gasteiger charge is -2.07. The number of thiazole rings is 1. The standard InChI is InChI=1S/C20H19N5S2/c1-2-13-26-19-24-17(21-14-9-5-3-6-10-14)16-18(25-19)27-20(23-16)22-15-11-7-4-8-12-15/h3-12H,2,13H2,1H3,(H,22,23)(H,21,24,25). The Morgan fingerprint density at radius 1 is 0.852 bits per heavy atom. The molecule has 0 fully saturated rings. The van der Waals surface area contributed by atoms with Crippen LogP contribution in [-0.4, -0.2) is 20.7 Å². The Bertz CT molecular complexity index is 1020. The molecule has 0 spiro atoms. The number of aromatic nitrogens is 3. The molecule has 0 aliphatic heterocycles. The van der Waals surface area contributed by atoms with Gasteiger partial charge in [-0.3, -0.25) is 0 Å². The van der Waals surface area contributed by atoms with Crippen LogP contribution in [0.1, 0.15) is 13.3 Å². The maximum atomic E-state index is 4.74. The van der Waals surface area contributed by atoms with Gasteiger partial charge in [0.05, 0.1) is 0 Å². The van der Waals surface area contributed by atoms with E-state index in [-0.39, 0.29) is 0 Å². The van der Waals surface area contributed by atoms with E-state index in [1.807, 2.05) is 60.7 Å². The van der Waals surface area contributed by atoms with Gasteiger partial charge in [-0.25, -0.2) is 15.0 Å². The Morgan fingerprint density at radius 2 is 1.52 bits per heavy atom. The molecule has 27 heavy (non-hydrogen) atoms. The molecule has 0 bridgehead atoms. The lowest BCUT2D eigenvalue weighted by Crippen LogP contribution is -1.98. The quantitative estimate of drug-likeness (QED) is 0.293. The average Bonchev–Trinajstić information content (AvgIpc) is 3.10. The molecule has 4 aromatic rings. The van der Waals surface area contributed by atoms with Crippen molar-refractivity contribution in [2.45, 2.75) is 18.5 Å². The molecule has 2 heterocycles. The maximum absolute atomic E-state index is 4.74. The summed E-state index contributed by atoms with van der Waals surface area (Å²) in [5.41, 5.74) is 2.76. The predicted molar refractivity (Wildman–Crippen MR) is 116 cm³/mol. The van der Waals surface area contributed by atoms with E-state index in [9.17, 15) is 0 Å². The molecule has 4 rings (SSSR count). The van der Waals surface area contributed by atoms with Gasteiger partial charge in [0.1, 0.15) is 5.52 Å². The molecule has 0 aliphatic carbocycles. The van der Waals surface area contributed by atoms with Crippen molar-refractivity contribution in [2.24, 2.45) is 0 Å². The third-order valence-electron chi connectivity index (χ3n) is 3.74. The van der Waals surface area contributed by atoms with Crippen LogP contribution in [0.25, 0.3) is 10.3 Å². The van der Waals surface area contributed by atoms with Crippen molar-refractivity contribution < 1.29 is 0 Å². The molecule has 2 N–H and O–H groups in total. The van der Waals surface area contributed by atoms with Crippen molar-refractivity contribution in [1.29, 1.82) is 0 Å². The number of hydrogen-bond acceptors (Lipinski definition) is 7. The van der Waals surface area contributed by atoms with E-state index in [2.05, 4.69) is 17.6 Å². The Kier molecular flexibility index (Phi) is 5.50. The van der Waals surface area contributed by atoms with Crippen LogP contribution in [0, 0.1) is 0 Å². The van der Waals surface area contributed by atoms with Gasteiger partial charge in [0, 0.05) is 17.1 Å². The first-order valence-electron chi connectivity index (χ1n) is 8.77. The summed E-state index contributed by atoms with van der Waals surface area (Å²) >= 11 is 3.21. The molecule has 5 nitrogen and oxygen atoms in total. The molecule has 0 saturated heterocycles. The number of thioether (sulfide) groups is 1. The number of hydrogen-bond donors (Lipinski definition) is 2. The largest absolute Gasteiger partial charge is 0.338 e. The van der Waals surface area contributed by atoms with E-state index in [0.717, 1.165) is 50.0 Å². The zero-order valence-corrected chi connectivity index (χ0v) is 16.5. The second-order valence-corrected chi connectivity index (χ2v) is 7.90. The molecular weight excluding hydrogens is 374 g/mol. The van der Waals surface area contributed by atoms with Crippen molar-refractivity contribution in [3.05, 3.63) is 60.7 Å². The van der Waals surface area contributed by atoms with Crippen LogP contribution < -0.4 is 10.6 Å². The summed E-state index contributed by atoms with van der Waals surface area (Å²) < 4.78 is 0. The van der Waals surface area contributed by atoms with Crippen LogP contribution in [0.5, 0.6) is 0 Å². The number of nitrogens with zero attached hydrogens (tertiary/aromatic N) is 3. The van der Waals surface area contributed by atoms with Gasteiger partial charge in [0.25, 0.3) is 0 Å². The Hall–Kier alpha value is -2.64. The van der Waals surface area contributed by atoms with Crippen LogP contribution in [-0.2, 0) is 0 Å². The summed E-state index contributed by atoms with van der Waals surface area (Å²) in [6.07, 6.45) is 1.08. The first-order valence-corrected chi connectivity index (χ1v) is 10.6. The van der Waals surface area contributed by atoms with Gasteiger partial charge in [-0.05, 0) is 30.7 Å². The molecule has 2 aromatic carbocycles. The first kappa shape index (κ1) is 17.8. The van der Waals surface area contributed by atoms with Gasteiger partial charge >= 0.3 is 0 Å². The third kappa shape index (κ3) is 4.37. The highest BCUT2D eigenvalue weighted by atomic mass is 32.2. The van der Waals surface area contributed by atoms with E-state index in [0.29, 0.717) is 0 Å². The van der Waals surface area contributed by atoms with E-state index in [4.69, 9.17) is 15.0 Å². The van der Waals surface area contributed by atoms with Crippen molar-refractivity contribution in [1.82, 2.24) is 15.0 Å². The minimum Gasteiger partial charge on any atom is -0.338 e. The molecule has 0 unspecified atom stereocenters.